The molecule has 0 unspecified atom stereocenters. The molecule has 2 aromatic rings. The molecule has 1 amide bonds. The first kappa shape index (κ1) is 15.7. The predicted molar refractivity (Wildman–Crippen MR) is 90.1 cm³/mol. The molecule has 2 heterocycles. The molecular weight excluding hydrogens is 288 g/mol. The number of amides is 1. The van der Waals surface area contributed by atoms with Crippen molar-refractivity contribution in [2.24, 2.45) is 11.7 Å². The lowest BCUT2D eigenvalue weighted by molar-refractivity contribution is -0.124. The van der Waals surface area contributed by atoms with Crippen LogP contribution in [0.15, 0.2) is 36.9 Å². The number of nitrogens with two attached hydrogens (primary N) is 1. The Morgan fingerprint density at radius 1 is 1.39 bits per heavy atom. The van der Waals surface area contributed by atoms with Crippen molar-refractivity contribution in [3.8, 4) is 5.69 Å². The number of likely N-dealkylation sites (tertiary alicyclic amines) is 1. The van der Waals surface area contributed by atoms with Crippen LogP contribution in [-0.4, -0.2) is 32.9 Å². The quantitative estimate of drug-likeness (QED) is 0.942. The Morgan fingerprint density at radius 3 is 2.87 bits per heavy atom. The maximum absolute atomic E-state index is 11.5. The van der Waals surface area contributed by atoms with Gasteiger partial charge in [0, 0.05) is 37.2 Å². The molecule has 0 spiro atoms. The van der Waals surface area contributed by atoms with E-state index in [4.69, 9.17) is 5.73 Å². The van der Waals surface area contributed by atoms with E-state index in [1.165, 1.54) is 11.1 Å². The van der Waals surface area contributed by atoms with Crippen molar-refractivity contribution in [3.63, 3.8) is 0 Å². The van der Waals surface area contributed by atoms with Crippen LogP contribution in [0.3, 0.4) is 0 Å². The minimum atomic E-state index is -0.172. The van der Waals surface area contributed by atoms with Gasteiger partial charge in [0.2, 0.25) is 5.91 Å². The van der Waals surface area contributed by atoms with Crippen LogP contribution in [-0.2, 0) is 11.3 Å². The Kier molecular flexibility index (Phi) is 4.48. The van der Waals surface area contributed by atoms with Crippen molar-refractivity contribution in [1.29, 1.82) is 0 Å². The predicted octanol–water partition coefficient (Wildman–Crippen LogP) is 2.27. The molecule has 23 heavy (non-hydrogen) atoms. The van der Waals surface area contributed by atoms with Gasteiger partial charge in [-0.25, -0.2) is 4.98 Å². The summed E-state index contributed by atoms with van der Waals surface area (Å²) >= 11 is 0. The average Bonchev–Trinajstić information content (AvgIpc) is 3.05. The van der Waals surface area contributed by atoms with E-state index in [-0.39, 0.29) is 11.8 Å². The van der Waals surface area contributed by atoms with Crippen LogP contribution in [0.5, 0.6) is 0 Å². The van der Waals surface area contributed by atoms with Crippen LogP contribution in [0, 0.1) is 12.8 Å². The van der Waals surface area contributed by atoms with Gasteiger partial charge in [-0.2, -0.15) is 0 Å². The fourth-order valence-electron chi connectivity index (χ4n) is 3.28. The molecule has 1 aromatic carbocycles. The van der Waals surface area contributed by atoms with E-state index in [0.29, 0.717) is 6.04 Å². The van der Waals surface area contributed by atoms with E-state index < -0.39 is 0 Å². The van der Waals surface area contributed by atoms with Gasteiger partial charge >= 0.3 is 0 Å². The topological polar surface area (TPSA) is 64.2 Å². The number of rotatable bonds is 4. The summed E-state index contributed by atoms with van der Waals surface area (Å²) in [6.07, 6.45) is 7.46. The van der Waals surface area contributed by atoms with E-state index >= 15 is 0 Å². The standard InChI is InChI=1S/C18H24N4O/c1-13-9-17(21-8-7-20-12-21)6-5-15(13)10-22-11-16(18(19)23)4-3-14(22)2/h5-9,12,14,16H,3-4,10-11H2,1-2H3,(H2,19,23)/t14-,16+/m0/s1. The van der Waals surface area contributed by atoms with Crippen molar-refractivity contribution in [1.82, 2.24) is 14.5 Å². The van der Waals surface area contributed by atoms with Gasteiger partial charge < -0.3 is 10.3 Å². The first-order valence-electron chi connectivity index (χ1n) is 8.16. The second-order valence-electron chi connectivity index (χ2n) is 6.54. The number of hydrogen-bond acceptors (Lipinski definition) is 3. The molecule has 1 aliphatic rings. The molecule has 1 fully saturated rings. The number of carbonyl (C=O) groups is 1. The third-order valence-electron chi connectivity index (χ3n) is 4.92. The van der Waals surface area contributed by atoms with E-state index in [9.17, 15) is 4.79 Å². The van der Waals surface area contributed by atoms with Gasteiger partial charge in [-0.3, -0.25) is 9.69 Å². The summed E-state index contributed by atoms with van der Waals surface area (Å²) in [7, 11) is 0. The van der Waals surface area contributed by atoms with Crippen LogP contribution in [0.1, 0.15) is 30.9 Å². The number of primary amides is 1. The van der Waals surface area contributed by atoms with E-state index in [1.807, 2.05) is 10.8 Å². The smallest absolute Gasteiger partial charge is 0.221 e. The fraction of sp³-hybridized carbons (Fsp3) is 0.444. The highest BCUT2D eigenvalue weighted by Gasteiger charge is 2.28. The van der Waals surface area contributed by atoms with Crippen LogP contribution in [0.25, 0.3) is 5.69 Å². The van der Waals surface area contributed by atoms with Crippen LogP contribution in [0.2, 0.25) is 0 Å². The summed E-state index contributed by atoms with van der Waals surface area (Å²) in [6.45, 7) is 5.99. The lowest BCUT2D eigenvalue weighted by Crippen LogP contribution is -2.45. The van der Waals surface area contributed by atoms with Crippen molar-refractivity contribution in [2.75, 3.05) is 6.54 Å². The molecule has 0 aliphatic carbocycles. The molecule has 1 saturated heterocycles. The van der Waals surface area contributed by atoms with Crippen molar-refractivity contribution < 1.29 is 4.79 Å². The van der Waals surface area contributed by atoms with Gasteiger partial charge in [0.25, 0.3) is 0 Å². The summed E-state index contributed by atoms with van der Waals surface area (Å²) in [4.78, 5) is 18.0. The van der Waals surface area contributed by atoms with Crippen LogP contribution < -0.4 is 5.73 Å². The minimum Gasteiger partial charge on any atom is -0.369 e. The Morgan fingerprint density at radius 2 is 2.22 bits per heavy atom. The van der Waals surface area contributed by atoms with Crippen molar-refractivity contribution >= 4 is 5.91 Å². The highest BCUT2D eigenvalue weighted by Crippen LogP contribution is 2.25. The highest BCUT2D eigenvalue weighted by molar-refractivity contribution is 5.77. The van der Waals surface area contributed by atoms with E-state index in [2.05, 4.69) is 41.9 Å². The first-order valence-corrected chi connectivity index (χ1v) is 8.16. The molecule has 0 bridgehead atoms. The number of piperidine rings is 1. The number of nitrogens with zero attached hydrogens (tertiary/aromatic N) is 3. The number of carbonyl (C=O) groups excluding carboxylic acids is 1. The van der Waals surface area contributed by atoms with Crippen LogP contribution in [0.4, 0.5) is 0 Å². The van der Waals surface area contributed by atoms with E-state index in [1.54, 1.807) is 12.5 Å². The third-order valence-corrected chi connectivity index (χ3v) is 4.92. The monoisotopic (exact) mass is 312 g/mol. The molecule has 1 aromatic heterocycles. The molecule has 0 radical (unpaired) electrons. The third kappa shape index (κ3) is 3.45. The largest absolute Gasteiger partial charge is 0.369 e. The zero-order chi connectivity index (χ0) is 16.4. The maximum atomic E-state index is 11.5. The van der Waals surface area contributed by atoms with E-state index in [0.717, 1.165) is 31.6 Å². The zero-order valence-corrected chi connectivity index (χ0v) is 13.8. The van der Waals surface area contributed by atoms with Crippen LogP contribution >= 0.6 is 0 Å². The summed E-state index contributed by atoms with van der Waals surface area (Å²) in [6, 6.07) is 6.95. The van der Waals surface area contributed by atoms with Gasteiger partial charge in [0.1, 0.15) is 0 Å². The summed E-state index contributed by atoms with van der Waals surface area (Å²) < 4.78 is 2.00. The lowest BCUT2D eigenvalue weighted by Gasteiger charge is -2.37. The number of aryl methyl sites for hydroxylation is 1. The molecule has 0 saturated carbocycles. The number of aromatic nitrogens is 2. The average molecular weight is 312 g/mol. The Bertz CT molecular complexity index is 680. The molecule has 3 rings (SSSR count). The zero-order valence-electron chi connectivity index (χ0n) is 13.8. The number of hydrogen-bond donors (Lipinski definition) is 1. The molecule has 5 nitrogen and oxygen atoms in total. The number of benzene rings is 1. The SMILES string of the molecule is Cc1cc(-n2ccnc2)ccc1CN1C[C@H](C(N)=O)CC[C@@H]1C. The Hall–Kier alpha value is -2.14. The number of imidazole rings is 1. The second-order valence-corrected chi connectivity index (χ2v) is 6.54. The summed E-state index contributed by atoms with van der Waals surface area (Å²) in [5, 5.41) is 0. The van der Waals surface area contributed by atoms with Crippen molar-refractivity contribution in [3.05, 3.63) is 48.0 Å². The summed E-state index contributed by atoms with van der Waals surface area (Å²) in [5.41, 5.74) is 9.17. The second kappa shape index (κ2) is 6.54. The highest BCUT2D eigenvalue weighted by atomic mass is 16.1. The van der Waals surface area contributed by atoms with Gasteiger partial charge in [-0.15, -0.1) is 0 Å². The minimum absolute atomic E-state index is 0.0169. The lowest BCUT2D eigenvalue weighted by atomic mass is 9.92. The Balaban J connectivity index is 1.75. The molecule has 2 atom stereocenters. The summed E-state index contributed by atoms with van der Waals surface area (Å²) in [5.74, 6) is -0.189. The fourth-order valence-corrected chi connectivity index (χ4v) is 3.28. The molecule has 2 N–H and O–H groups in total. The maximum Gasteiger partial charge on any atom is 0.221 e. The molecule has 122 valence electrons. The molecular formula is C18H24N4O. The normalized spacial score (nSPS) is 22.2. The van der Waals surface area contributed by atoms with Gasteiger partial charge in [0.15, 0.2) is 0 Å². The first-order chi connectivity index (χ1) is 11.0. The molecule has 5 heteroatoms. The van der Waals surface area contributed by atoms with Gasteiger partial charge in [-0.05, 0) is 49.9 Å². The van der Waals surface area contributed by atoms with Gasteiger partial charge in [-0.1, -0.05) is 6.07 Å². The molecule has 1 aliphatic heterocycles. The Labute approximate surface area is 137 Å². The van der Waals surface area contributed by atoms with Gasteiger partial charge in [0.05, 0.1) is 12.2 Å². The van der Waals surface area contributed by atoms with Crippen molar-refractivity contribution in [2.45, 2.75) is 39.3 Å².